The fourth-order valence-corrected chi connectivity index (χ4v) is 2.59. The zero-order chi connectivity index (χ0) is 18.8. The molecule has 9 nitrogen and oxygen atoms in total. The van der Waals surface area contributed by atoms with Crippen molar-refractivity contribution in [2.45, 2.75) is 0 Å². The molecule has 0 saturated heterocycles. The van der Waals surface area contributed by atoms with E-state index in [1.165, 1.54) is 12.1 Å². The number of hydrogen-bond acceptors (Lipinski definition) is 7. The number of fused-ring (bicyclic) bond motifs is 1. The summed E-state index contributed by atoms with van der Waals surface area (Å²) in [5.41, 5.74) is 2.27. The van der Waals surface area contributed by atoms with Crippen molar-refractivity contribution in [3.05, 3.63) is 60.3 Å². The van der Waals surface area contributed by atoms with Crippen LogP contribution in [0.15, 0.2) is 54.7 Å². The Balaban J connectivity index is 1.59. The topological polar surface area (TPSA) is 136 Å². The Kier molecular flexibility index (Phi) is 4.01. The summed E-state index contributed by atoms with van der Waals surface area (Å²) in [5.74, 6) is -0.821. The number of hydrogen-bond donors (Lipinski definition) is 5. The van der Waals surface area contributed by atoms with Crippen LogP contribution in [0.1, 0.15) is 10.4 Å². The Hall–Kier alpha value is -4.14. The first-order chi connectivity index (χ1) is 13.1. The summed E-state index contributed by atoms with van der Waals surface area (Å²) in [6, 6.07) is 13.4. The second kappa shape index (κ2) is 6.64. The van der Waals surface area contributed by atoms with Gasteiger partial charge in [0.2, 0.25) is 11.9 Å². The van der Waals surface area contributed by atoms with Gasteiger partial charge in [-0.15, -0.1) is 0 Å². The van der Waals surface area contributed by atoms with E-state index in [9.17, 15) is 9.90 Å². The number of aromatic amines is 1. The molecule has 27 heavy (non-hydrogen) atoms. The molecule has 0 atom stereocenters. The van der Waals surface area contributed by atoms with Crippen molar-refractivity contribution in [3.63, 3.8) is 0 Å². The van der Waals surface area contributed by atoms with Gasteiger partial charge in [0.15, 0.2) is 0 Å². The van der Waals surface area contributed by atoms with Gasteiger partial charge in [-0.25, -0.2) is 4.79 Å². The molecule has 4 rings (SSSR count). The fourth-order valence-electron chi connectivity index (χ4n) is 2.59. The van der Waals surface area contributed by atoms with Gasteiger partial charge in [0.05, 0.1) is 5.56 Å². The van der Waals surface area contributed by atoms with Crippen LogP contribution in [0.4, 0.5) is 23.3 Å². The lowest BCUT2D eigenvalue weighted by molar-refractivity contribution is 0.0697. The minimum Gasteiger partial charge on any atom is -0.479 e. The monoisotopic (exact) mass is 362 g/mol. The maximum Gasteiger partial charge on any atom is 0.335 e. The average molecular weight is 362 g/mol. The smallest absolute Gasteiger partial charge is 0.335 e. The number of aromatic carboxylic acids is 1. The minimum atomic E-state index is -1.04. The first-order valence-electron chi connectivity index (χ1n) is 7.96. The number of benzene rings is 2. The number of nitrogens with zero attached hydrogens (tertiary/aromatic N) is 3. The van der Waals surface area contributed by atoms with Crippen LogP contribution in [-0.2, 0) is 0 Å². The second-order valence-electron chi connectivity index (χ2n) is 5.70. The summed E-state index contributed by atoms with van der Waals surface area (Å²) in [4.78, 5) is 26.1. The number of carbonyl (C=O) groups is 1. The highest BCUT2D eigenvalue weighted by molar-refractivity contribution is 5.89. The van der Waals surface area contributed by atoms with Gasteiger partial charge >= 0.3 is 12.0 Å². The van der Waals surface area contributed by atoms with Crippen molar-refractivity contribution in [2.75, 3.05) is 10.6 Å². The van der Waals surface area contributed by atoms with Crippen molar-refractivity contribution in [2.24, 2.45) is 0 Å². The van der Waals surface area contributed by atoms with Crippen LogP contribution in [0.3, 0.4) is 0 Å². The number of aromatic nitrogens is 4. The first-order valence-corrected chi connectivity index (χ1v) is 7.96. The summed E-state index contributed by atoms with van der Waals surface area (Å²) < 4.78 is 0. The van der Waals surface area contributed by atoms with E-state index >= 15 is 0 Å². The first kappa shape index (κ1) is 16.3. The lowest BCUT2D eigenvalue weighted by Gasteiger charge is -2.09. The fraction of sp³-hybridized carbons (Fsp3) is 0. The normalized spacial score (nSPS) is 10.7. The molecule has 2 heterocycles. The molecular formula is C18H14N6O3. The van der Waals surface area contributed by atoms with Gasteiger partial charge in [-0.2, -0.15) is 15.0 Å². The Morgan fingerprint density at radius 3 is 2.41 bits per heavy atom. The van der Waals surface area contributed by atoms with Crippen LogP contribution in [0.5, 0.6) is 6.01 Å². The summed E-state index contributed by atoms with van der Waals surface area (Å²) >= 11 is 0. The van der Waals surface area contributed by atoms with E-state index in [4.69, 9.17) is 5.11 Å². The van der Waals surface area contributed by atoms with E-state index in [2.05, 4.69) is 30.6 Å². The summed E-state index contributed by atoms with van der Waals surface area (Å²) in [6.07, 6.45) is 1.84. The summed E-state index contributed by atoms with van der Waals surface area (Å²) in [6.45, 7) is 0. The molecule has 0 amide bonds. The van der Waals surface area contributed by atoms with Gasteiger partial charge in [-0.3, -0.25) is 0 Å². The number of H-pyrrole nitrogens is 1. The van der Waals surface area contributed by atoms with Gasteiger partial charge in [-0.05, 0) is 41.8 Å². The highest BCUT2D eigenvalue weighted by atomic mass is 16.4. The molecule has 0 spiro atoms. The van der Waals surface area contributed by atoms with E-state index in [0.717, 1.165) is 16.6 Å². The van der Waals surface area contributed by atoms with Crippen molar-refractivity contribution in [3.8, 4) is 6.01 Å². The van der Waals surface area contributed by atoms with Crippen molar-refractivity contribution < 1.29 is 15.0 Å². The van der Waals surface area contributed by atoms with Crippen molar-refractivity contribution >= 4 is 40.1 Å². The molecule has 0 saturated carbocycles. The summed E-state index contributed by atoms with van der Waals surface area (Å²) in [5, 5.41) is 25.8. The quantitative estimate of drug-likeness (QED) is 0.365. The van der Waals surface area contributed by atoms with E-state index in [1.54, 1.807) is 12.1 Å². The molecule has 0 fully saturated rings. The van der Waals surface area contributed by atoms with Gasteiger partial charge in [0.1, 0.15) is 0 Å². The molecule has 9 heteroatoms. The van der Waals surface area contributed by atoms with Gasteiger partial charge in [0.25, 0.3) is 0 Å². The van der Waals surface area contributed by atoms with Gasteiger partial charge in [-0.1, -0.05) is 12.1 Å². The second-order valence-corrected chi connectivity index (χ2v) is 5.70. The molecule has 0 radical (unpaired) electrons. The maximum atomic E-state index is 11.1. The Labute approximate surface area is 152 Å². The van der Waals surface area contributed by atoms with Crippen LogP contribution in [0.25, 0.3) is 10.9 Å². The third-order valence-corrected chi connectivity index (χ3v) is 3.80. The number of aromatic hydroxyl groups is 1. The van der Waals surface area contributed by atoms with Crippen LogP contribution in [-0.4, -0.2) is 36.1 Å². The van der Waals surface area contributed by atoms with E-state index in [0.29, 0.717) is 5.69 Å². The largest absolute Gasteiger partial charge is 0.479 e. The molecule has 0 aliphatic rings. The number of carboxylic acids is 1. The molecule has 0 bridgehead atoms. The Bertz CT molecular complexity index is 1140. The highest BCUT2D eigenvalue weighted by Gasteiger charge is 2.09. The highest BCUT2D eigenvalue weighted by Crippen LogP contribution is 2.22. The third-order valence-electron chi connectivity index (χ3n) is 3.80. The Morgan fingerprint density at radius 2 is 1.67 bits per heavy atom. The van der Waals surface area contributed by atoms with Crippen molar-refractivity contribution in [1.82, 2.24) is 19.9 Å². The van der Waals surface area contributed by atoms with Gasteiger partial charge in [0, 0.05) is 23.1 Å². The third kappa shape index (κ3) is 3.61. The molecule has 0 aliphatic heterocycles. The molecular weight excluding hydrogens is 348 g/mol. The lowest BCUT2D eigenvalue weighted by atomic mass is 10.2. The lowest BCUT2D eigenvalue weighted by Crippen LogP contribution is -2.04. The van der Waals surface area contributed by atoms with Crippen LogP contribution in [0, 0.1) is 0 Å². The van der Waals surface area contributed by atoms with Crippen LogP contribution in [0.2, 0.25) is 0 Å². The number of anilines is 4. The minimum absolute atomic E-state index is 0.0773. The molecule has 4 aromatic rings. The zero-order valence-corrected chi connectivity index (χ0v) is 13.8. The zero-order valence-electron chi connectivity index (χ0n) is 13.8. The number of rotatable bonds is 5. The molecule has 134 valence electrons. The van der Waals surface area contributed by atoms with E-state index < -0.39 is 12.0 Å². The standard InChI is InChI=1S/C18H14N6O3/c25-15(26)11-2-1-3-12(8-11)20-16-22-17(24-18(27)23-16)21-13-5-4-10-6-7-19-14(10)9-13/h1-9,19H,(H,25,26)(H3,20,21,22,23,24,27). The van der Waals surface area contributed by atoms with E-state index in [-0.39, 0.29) is 17.5 Å². The molecule has 0 unspecified atom stereocenters. The molecule has 0 aliphatic carbocycles. The van der Waals surface area contributed by atoms with Gasteiger partial charge < -0.3 is 25.8 Å². The predicted octanol–water partition coefficient (Wildman–Crippen LogP) is 3.24. The van der Waals surface area contributed by atoms with Crippen LogP contribution < -0.4 is 10.6 Å². The molecule has 2 aromatic heterocycles. The number of carboxylic acid groups (broad SMARTS) is 1. The molecule has 2 aromatic carbocycles. The molecule has 5 N–H and O–H groups in total. The Morgan fingerprint density at radius 1 is 0.926 bits per heavy atom. The maximum absolute atomic E-state index is 11.1. The van der Waals surface area contributed by atoms with E-state index in [1.807, 2.05) is 30.5 Å². The van der Waals surface area contributed by atoms with Crippen LogP contribution >= 0.6 is 0 Å². The number of nitrogens with one attached hydrogen (secondary N) is 3. The average Bonchev–Trinajstić information content (AvgIpc) is 3.09. The van der Waals surface area contributed by atoms with Crippen molar-refractivity contribution in [1.29, 1.82) is 0 Å². The SMILES string of the molecule is O=C(O)c1cccc(Nc2nc(O)nc(Nc3ccc4cc[nH]c4c3)n2)c1. The predicted molar refractivity (Wildman–Crippen MR) is 99.8 cm³/mol. The summed E-state index contributed by atoms with van der Waals surface area (Å²) in [7, 11) is 0.